The Morgan fingerprint density at radius 3 is 1.34 bits per heavy atom. The van der Waals surface area contributed by atoms with Gasteiger partial charge in [0.1, 0.15) is 23.0 Å². The number of carbonyl (C=O) groups excluding carboxylic acids is 1. The molecule has 29 heavy (non-hydrogen) atoms. The molecule has 0 unspecified atom stereocenters. The summed E-state index contributed by atoms with van der Waals surface area (Å²) in [5.41, 5.74) is 1.18. The molecular weight excluding hydrogens is 384 g/mol. The zero-order valence-corrected chi connectivity index (χ0v) is 16.2. The van der Waals surface area contributed by atoms with E-state index in [0.717, 1.165) is 5.75 Å². The Morgan fingerprint density at radius 1 is 0.517 bits per heavy atom. The highest BCUT2D eigenvalue weighted by molar-refractivity contribution is 6.30. The van der Waals surface area contributed by atoms with Crippen LogP contribution in [0.1, 0.15) is 15.9 Å². The lowest BCUT2D eigenvalue weighted by Crippen LogP contribution is -2.01. The van der Waals surface area contributed by atoms with Crippen LogP contribution in [0.5, 0.6) is 23.0 Å². The summed E-state index contributed by atoms with van der Waals surface area (Å²) in [6.45, 7) is 0. The van der Waals surface area contributed by atoms with E-state index in [4.69, 9.17) is 21.1 Å². The van der Waals surface area contributed by atoms with E-state index >= 15 is 0 Å². The molecule has 0 saturated heterocycles. The lowest BCUT2D eigenvalue weighted by atomic mass is 10.0. The zero-order chi connectivity index (χ0) is 20.1. The van der Waals surface area contributed by atoms with Crippen molar-refractivity contribution in [3.8, 4) is 23.0 Å². The lowest BCUT2D eigenvalue weighted by Gasteiger charge is -2.08. The Kier molecular flexibility index (Phi) is 5.59. The van der Waals surface area contributed by atoms with Crippen molar-refractivity contribution in [1.29, 1.82) is 0 Å². The first-order valence-corrected chi connectivity index (χ1v) is 9.46. The Bertz CT molecular complexity index is 1090. The van der Waals surface area contributed by atoms with Crippen LogP contribution >= 0.6 is 11.6 Å². The third-order valence-electron chi connectivity index (χ3n) is 4.26. The lowest BCUT2D eigenvalue weighted by molar-refractivity contribution is 0.103. The number of hydrogen-bond acceptors (Lipinski definition) is 3. The highest BCUT2D eigenvalue weighted by Crippen LogP contribution is 2.25. The van der Waals surface area contributed by atoms with Gasteiger partial charge in [-0.15, -0.1) is 0 Å². The van der Waals surface area contributed by atoms with E-state index in [1.165, 1.54) is 0 Å². The summed E-state index contributed by atoms with van der Waals surface area (Å²) in [5.74, 6) is 2.70. The third kappa shape index (κ3) is 4.84. The molecule has 3 nitrogen and oxygen atoms in total. The minimum Gasteiger partial charge on any atom is -0.457 e. The second kappa shape index (κ2) is 8.63. The van der Waals surface area contributed by atoms with E-state index in [0.29, 0.717) is 33.4 Å². The number of ketones is 1. The molecule has 0 saturated carbocycles. The molecule has 4 aromatic rings. The van der Waals surface area contributed by atoms with Crippen molar-refractivity contribution in [2.45, 2.75) is 0 Å². The summed E-state index contributed by atoms with van der Waals surface area (Å²) in [4.78, 5) is 12.7. The van der Waals surface area contributed by atoms with E-state index in [2.05, 4.69) is 0 Å². The average molecular weight is 401 g/mol. The van der Waals surface area contributed by atoms with Gasteiger partial charge in [0.15, 0.2) is 5.78 Å². The molecule has 4 heteroatoms. The van der Waals surface area contributed by atoms with Crippen LogP contribution in [0.2, 0.25) is 5.02 Å². The van der Waals surface area contributed by atoms with Crippen LogP contribution in [0.25, 0.3) is 0 Å². The van der Waals surface area contributed by atoms with Gasteiger partial charge in [0.25, 0.3) is 0 Å². The number of ether oxygens (including phenoxy) is 2. The molecule has 4 aromatic carbocycles. The number of halogens is 1. The maximum absolute atomic E-state index is 12.7. The summed E-state index contributed by atoms with van der Waals surface area (Å²) in [5, 5.41) is 0.651. The molecule has 0 fully saturated rings. The van der Waals surface area contributed by atoms with Gasteiger partial charge in [0.2, 0.25) is 0 Å². The van der Waals surface area contributed by atoms with Gasteiger partial charge >= 0.3 is 0 Å². The van der Waals surface area contributed by atoms with Gasteiger partial charge in [-0.3, -0.25) is 4.79 Å². The minimum absolute atomic E-state index is 0.0608. The molecule has 0 heterocycles. The Balaban J connectivity index is 1.43. The van der Waals surface area contributed by atoms with Crippen LogP contribution in [0.4, 0.5) is 0 Å². The summed E-state index contributed by atoms with van der Waals surface area (Å²) >= 11 is 5.88. The Hall–Kier alpha value is -3.56. The van der Waals surface area contributed by atoms with Gasteiger partial charge in [-0.25, -0.2) is 0 Å². The molecule has 142 valence electrons. The first-order chi connectivity index (χ1) is 14.2. The van der Waals surface area contributed by atoms with Gasteiger partial charge in [-0.1, -0.05) is 29.8 Å². The Morgan fingerprint density at radius 2 is 0.897 bits per heavy atom. The summed E-state index contributed by atoms with van der Waals surface area (Å²) in [6, 6.07) is 30.8. The monoisotopic (exact) mass is 400 g/mol. The molecule has 0 aliphatic carbocycles. The quantitative estimate of drug-likeness (QED) is 0.322. The SMILES string of the molecule is O=C(c1ccc(Oc2ccccc2)cc1)c1ccc(Oc2ccc(Cl)cc2)cc1. The van der Waals surface area contributed by atoms with Crippen molar-refractivity contribution in [2.24, 2.45) is 0 Å². The molecule has 0 aliphatic heterocycles. The van der Waals surface area contributed by atoms with Crippen molar-refractivity contribution < 1.29 is 14.3 Å². The number of rotatable bonds is 6. The first-order valence-electron chi connectivity index (χ1n) is 9.08. The molecule has 0 N–H and O–H groups in total. The largest absolute Gasteiger partial charge is 0.457 e. The standard InChI is InChI=1S/C25H17ClO3/c26-20-10-16-24(17-11-20)29-23-14-8-19(9-15-23)25(27)18-6-12-22(13-7-18)28-21-4-2-1-3-5-21/h1-17H. The van der Waals surface area contributed by atoms with Crippen molar-refractivity contribution in [3.63, 3.8) is 0 Å². The smallest absolute Gasteiger partial charge is 0.193 e. The van der Waals surface area contributed by atoms with Crippen LogP contribution in [0.15, 0.2) is 103 Å². The van der Waals surface area contributed by atoms with Gasteiger partial charge in [0.05, 0.1) is 0 Å². The highest BCUT2D eigenvalue weighted by atomic mass is 35.5. The molecule has 0 bridgehead atoms. The molecule has 0 aliphatic rings. The fourth-order valence-electron chi connectivity index (χ4n) is 2.78. The van der Waals surface area contributed by atoms with E-state index in [1.54, 1.807) is 72.8 Å². The van der Waals surface area contributed by atoms with E-state index in [9.17, 15) is 4.79 Å². The summed E-state index contributed by atoms with van der Waals surface area (Å²) in [7, 11) is 0. The fraction of sp³-hybridized carbons (Fsp3) is 0. The molecule has 0 radical (unpaired) electrons. The molecule has 0 atom stereocenters. The topological polar surface area (TPSA) is 35.5 Å². The van der Waals surface area contributed by atoms with Crippen molar-refractivity contribution >= 4 is 17.4 Å². The van der Waals surface area contributed by atoms with Crippen LogP contribution < -0.4 is 9.47 Å². The molecule has 0 amide bonds. The predicted octanol–water partition coefficient (Wildman–Crippen LogP) is 7.16. The molecular formula is C25H17ClO3. The summed E-state index contributed by atoms with van der Waals surface area (Å²) in [6.07, 6.45) is 0. The second-order valence-electron chi connectivity index (χ2n) is 6.35. The number of carbonyl (C=O) groups is 1. The molecule has 0 aromatic heterocycles. The first kappa shape index (κ1) is 18.8. The predicted molar refractivity (Wildman–Crippen MR) is 114 cm³/mol. The van der Waals surface area contributed by atoms with E-state index in [1.807, 2.05) is 30.3 Å². The van der Waals surface area contributed by atoms with Crippen molar-refractivity contribution in [2.75, 3.05) is 0 Å². The summed E-state index contributed by atoms with van der Waals surface area (Å²) < 4.78 is 11.5. The molecule has 0 spiro atoms. The van der Waals surface area contributed by atoms with Gasteiger partial charge in [0, 0.05) is 16.1 Å². The van der Waals surface area contributed by atoms with Crippen molar-refractivity contribution in [1.82, 2.24) is 0 Å². The maximum Gasteiger partial charge on any atom is 0.193 e. The van der Waals surface area contributed by atoms with Crippen LogP contribution in [-0.4, -0.2) is 5.78 Å². The van der Waals surface area contributed by atoms with Gasteiger partial charge < -0.3 is 9.47 Å². The fourth-order valence-corrected chi connectivity index (χ4v) is 2.90. The van der Waals surface area contributed by atoms with E-state index < -0.39 is 0 Å². The third-order valence-corrected chi connectivity index (χ3v) is 4.51. The van der Waals surface area contributed by atoms with Crippen molar-refractivity contribution in [3.05, 3.63) is 119 Å². The Labute approximate surface area is 174 Å². The highest BCUT2D eigenvalue weighted by Gasteiger charge is 2.10. The minimum atomic E-state index is -0.0608. The normalized spacial score (nSPS) is 10.4. The van der Waals surface area contributed by atoms with Gasteiger partial charge in [-0.2, -0.15) is 0 Å². The number of benzene rings is 4. The average Bonchev–Trinajstić information content (AvgIpc) is 2.77. The van der Waals surface area contributed by atoms with Gasteiger partial charge in [-0.05, 0) is 84.9 Å². The molecule has 4 rings (SSSR count). The maximum atomic E-state index is 12.7. The van der Waals surface area contributed by atoms with Crippen LogP contribution in [-0.2, 0) is 0 Å². The number of para-hydroxylation sites is 1. The van der Waals surface area contributed by atoms with Crippen LogP contribution in [0.3, 0.4) is 0 Å². The second-order valence-corrected chi connectivity index (χ2v) is 6.79. The van der Waals surface area contributed by atoms with Crippen LogP contribution in [0, 0.1) is 0 Å². The van der Waals surface area contributed by atoms with E-state index in [-0.39, 0.29) is 5.78 Å². The number of hydrogen-bond donors (Lipinski definition) is 0. The zero-order valence-electron chi connectivity index (χ0n) is 15.4.